The van der Waals surface area contributed by atoms with E-state index in [1.807, 2.05) is 13.0 Å². The Hall–Kier alpha value is -0.980. The molecule has 2 rings (SSSR count). The van der Waals surface area contributed by atoms with Crippen molar-refractivity contribution in [2.24, 2.45) is 11.3 Å². The largest absolute Gasteiger partial charge is 0.508 e. The van der Waals surface area contributed by atoms with Gasteiger partial charge in [-0.2, -0.15) is 0 Å². The van der Waals surface area contributed by atoms with Gasteiger partial charge in [-0.3, -0.25) is 0 Å². The van der Waals surface area contributed by atoms with Gasteiger partial charge in [0.15, 0.2) is 0 Å². The third kappa shape index (κ3) is 2.71. The molecule has 1 fully saturated rings. The van der Waals surface area contributed by atoms with E-state index in [-0.39, 0.29) is 0 Å². The molecule has 0 radical (unpaired) electrons. The second kappa shape index (κ2) is 4.95. The van der Waals surface area contributed by atoms with E-state index in [1.165, 1.54) is 31.2 Å². The Bertz CT molecular complexity index is 414. The summed E-state index contributed by atoms with van der Waals surface area (Å²) < 4.78 is 0. The Morgan fingerprint density at radius 3 is 2.39 bits per heavy atom. The Morgan fingerprint density at radius 1 is 1.11 bits per heavy atom. The second-order valence-corrected chi connectivity index (χ2v) is 6.91. The monoisotopic (exact) mass is 246 g/mol. The van der Waals surface area contributed by atoms with Crippen LogP contribution >= 0.6 is 0 Å². The Balaban J connectivity index is 2.31. The molecule has 1 aromatic carbocycles. The molecule has 0 spiro atoms. The van der Waals surface area contributed by atoms with Gasteiger partial charge in [0.05, 0.1) is 0 Å². The highest BCUT2D eigenvalue weighted by Crippen LogP contribution is 2.47. The van der Waals surface area contributed by atoms with Gasteiger partial charge in [-0.25, -0.2) is 0 Å². The summed E-state index contributed by atoms with van der Waals surface area (Å²) in [6.45, 7) is 9.01. The first-order valence-corrected chi connectivity index (χ1v) is 7.19. The molecule has 1 saturated carbocycles. The number of phenols is 1. The SMILES string of the molecule is Cc1ccc(C2CCCCC2C(C)(C)C)cc1O. The van der Waals surface area contributed by atoms with Crippen molar-refractivity contribution in [3.8, 4) is 5.75 Å². The fourth-order valence-electron chi connectivity index (χ4n) is 3.42. The van der Waals surface area contributed by atoms with Crippen molar-refractivity contribution in [1.29, 1.82) is 0 Å². The van der Waals surface area contributed by atoms with E-state index in [0.29, 0.717) is 17.1 Å². The summed E-state index contributed by atoms with van der Waals surface area (Å²) in [5, 5.41) is 9.92. The summed E-state index contributed by atoms with van der Waals surface area (Å²) in [7, 11) is 0. The minimum Gasteiger partial charge on any atom is -0.508 e. The van der Waals surface area contributed by atoms with Crippen LogP contribution in [0.5, 0.6) is 5.75 Å². The Morgan fingerprint density at radius 2 is 1.78 bits per heavy atom. The lowest BCUT2D eigenvalue weighted by Crippen LogP contribution is -2.29. The van der Waals surface area contributed by atoms with Crippen molar-refractivity contribution in [2.45, 2.75) is 59.3 Å². The number of phenolic OH excluding ortho intramolecular Hbond substituents is 1. The summed E-state index contributed by atoms with van der Waals surface area (Å²) >= 11 is 0. The van der Waals surface area contributed by atoms with E-state index in [2.05, 4.69) is 32.9 Å². The predicted molar refractivity (Wildman–Crippen MR) is 77.0 cm³/mol. The smallest absolute Gasteiger partial charge is 0.118 e. The molecule has 2 unspecified atom stereocenters. The van der Waals surface area contributed by atoms with E-state index < -0.39 is 0 Å². The highest BCUT2D eigenvalue weighted by atomic mass is 16.3. The van der Waals surface area contributed by atoms with Crippen LogP contribution in [0.4, 0.5) is 0 Å². The number of hydrogen-bond donors (Lipinski definition) is 1. The highest BCUT2D eigenvalue weighted by molar-refractivity contribution is 5.37. The first kappa shape index (κ1) is 13.5. The summed E-state index contributed by atoms with van der Waals surface area (Å²) in [5.41, 5.74) is 2.66. The van der Waals surface area contributed by atoms with Crippen LogP contribution in [0.25, 0.3) is 0 Å². The van der Waals surface area contributed by atoms with Gasteiger partial charge in [-0.1, -0.05) is 45.7 Å². The quantitative estimate of drug-likeness (QED) is 0.737. The zero-order valence-electron chi connectivity index (χ0n) is 12.2. The number of aryl methyl sites for hydroxylation is 1. The molecular weight excluding hydrogens is 220 g/mol. The van der Waals surface area contributed by atoms with Crippen molar-refractivity contribution in [3.05, 3.63) is 29.3 Å². The molecule has 100 valence electrons. The lowest BCUT2D eigenvalue weighted by Gasteiger charge is -2.41. The van der Waals surface area contributed by atoms with Crippen LogP contribution in [0.2, 0.25) is 0 Å². The van der Waals surface area contributed by atoms with Gasteiger partial charge in [0, 0.05) is 0 Å². The maximum absolute atomic E-state index is 9.92. The summed E-state index contributed by atoms with van der Waals surface area (Å²) in [4.78, 5) is 0. The van der Waals surface area contributed by atoms with Crippen LogP contribution in [-0.4, -0.2) is 5.11 Å². The van der Waals surface area contributed by atoms with Gasteiger partial charge in [0.25, 0.3) is 0 Å². The molecule has 0 bridgehead atoms. The molecule has 0 heterocycles. The highest BCUT2D eigenvalue weighted by Gasteiger charge is 2.34. The van der Waals surface area contributed by atoms with E-state index in [1.54, 1.807) is 0 Å². The van der Waals surface area contributed by atoms with Crippen molar-refractivity contribution in [3.63, 3.8) is 0 Å². The zero-order valence-corrected chi connectivity index (χ0v) is 12.2. The first-order valence-electron chi connectivity index (χ1n) is 7.19. The maximum atomic E-state index is 9.92. The van der Waals surface area contributed by atoms with Gasteiger partial charge in [-0.15, -0.1) is 0 Å². The van der Waals surface area contributed by atoms with Crippen LogP contribution in [0.1, 0.15) is 63.5 Å². The molecule has 1 aliphatic carbocycles. The van der Waals surface area contributed by atoms with Crippen molar-refractivity contribution >= 4 is 0 Å². The molecule has 0 amide bonds. The minimum atomic E-state index is 0.353. The molecule has 1 nitrogen and oxygen atoms in total. The molecule has 1 aliphatic rings. The third-order valence-electron chi connectivity index (χ3n) is 4.54. The van der Waals surface area contributed by atoms with Crippen LogP contribution < -0.4 is 0 Å². The van der Waals surface area contributed by atoms with Crippen LogP contribution in [-0.2, 0) is 0 Å². The van der Waals surface area contributed by atoms with Gasteiger partial charge in [-0.05, 0) is 54.2 Å². The fraction of sp³-hybridized carbons (Fsp3) is 0.647. The van der Waals surface area contributed by atoms with Gasteiger partial charge in [0.1, 0.15) is 5.75 Å². The average Bonchev–Trinajstić information content (AvgIpc) is 2.32. The Labute approximate surface area is 111 Å². The van der Waals surface area contributed by atoms with Crippen LogP contribution in [0.15, 0.2) is 18.2 Å². The minimum absolute atomic E-state index is 0.353. The molecule has 0 aromatic heterocycles. The second-order valence-electron chi connectivity index (χ2n) is 6.91. The molecule has 1 N–H and O–H groups in total. The van der Waals surface area contributed by atoms with E-state index in [4.69, 9.17) is 0 Å². The lowest BCUT2D eigenvalue weighted by atomic mass is 9.64. The molecule has 0 saturated heterocycles. The zero-order chi connectivity index (χ0) is 13.3. The van der Waals surface area contributed by atoms with Crippen molar-refractivity contribution in [2.75, 3.05) is 0 Å². The van der Waals surface area contributed by atoms with Crippen LogP contribution in [0.3, 0.4) is 0 Å². The molecule has 1 aromatic rings. The fourth-order valence-corrected chi connectivity index (χ4v) is 3.42. The molecule has 2 atom stereocenters. The number of benzene rings is 1. The van der Waals surface area contributed by atoms with Crippen molar-refractivity contribution < 1.29 is 5.11 Å². The lowest BCUT2D eigenvalue weighted by molar-refractivity contribution is 0.150. The predicted octanol–water partition coefficient (Wildman–Crippen LogP) is 5.02. The van der Waals surface area contributed by atoms with E-state index in [0.717, 1.165) is 11.5 Å². The number of aromatic hydroxyl groups is 1. The summed E-state index contributed by atoms with van der Waals surface area (Å²) in [5.74, 6) is 1.80. The summed E-state index contributed by atoms with van der Waals surface area (Å²) in [6, 6.07) is 6.26. The van der Waals surface area contributed by atoms with E-state index >= 15 is 0 Å². The molecular formula is C17H26O. The number of rotatable bonds is 1. The van der Waals surface area contributed by atoms with E-state index in [9.17, 15) is 5.11 Å². The van der Waals surface area contributed by atoms with Crippen LogP contribution in [0, 0.1) is 18.3 Å². The maximum Gasteiger partial charge on any atom is 0.118 e. The van der Waals surface area contributed by atoms with Gasteiger partial charge >= 0.3 is 0 Å². The first-order chi connectivity index (χ1) is 8.39. The Kier molecular flexibility index (Phi) is 3.70. The molecule has 1 heteroatoms. The third-order valence-corrected chi connectivity index (χ3v) is 4.54. The summed E-state index contributed by atoms with van der Waals surface area (Å²) in [6.07, 6.45) is 5.27. The van der Waals surface area contributed by atoms with Gasteiger partial charge < -0.3 is 5.11 Å². The standard InChI is InChI=1S/C17H26O/c1-12-9-10-13(11-16(12)18)14-7-5-6-8-15(14)17(2,3)4/h9-11,14-15,18H,5-8H2,1-4H3. The molecule has 18 heavy (non-hydrogen) atoms. The topological polar surface area (TPSA) is 20.2 Å². The van der Waals surface area contributed by atoms with Crippen molar-refractivity contribution in [1.82, 2.24) is 0 Å². The average molecular weight is 246 g/mol. The molecule has 0 aliphatic heterocycles. The normalized spacial score (nSPS) is 25.1. The van der Waals surface area contributed by atoms with Gasteiger partial charge in [0.2, 0.25) is 0 Å². The number of hydrogen-bond acceptors (Lipinski definition) is 1.